The molecule has 0 spiro atoms. The third-order valence-electron chi connectivity index (χ3n) is 1.20. The fourth-order valence-corrected chi connectivity index (χ4v) is 1.75. The zero-order valence-electron chi connectivity index (χ0n) is 7.40. The molecule has 0 aromatic carbocycles. The van der Waals surface area contributed by atoms with Gasteiger partial charge in [0.05, 0.1) is 17.2 Å². The Hall–Kier alpha value is -0.420. The highest BCUT2D eigenvalue weighted by Crippen LogP contribution is 2.09. The van der Waals surface area contributed by atoms with Gasteiger partial charge in [-0.15, -0.1) is 11.3 Å². The van der Waals surface area contributed by atoms with Gasteiger partial charge < -0.3 is 0 Å². The van der Waals surface area contributed by atoms with Crippen molar-refractivity contribution >= 4 is 21.1 Å². The first kappa shape index (κ1) is 9.67. The summed E-state index contributed by atoms with van der Waals surface area (Å²) in [4.78, 5) is 4.21. The van der Waals surface area contributed by atoms with Crippen LogP contribution in [0.15, 0.2) is 9.74 Å². The van der Waals surface area contributed by atoms with Gasteiger partial charge in [0.15, 0.2) is 0 Å². The molecular formula is C7H12N2OS2. The molecule has 12 heavy (non-hydrogen) atoms. The molecule has 1 aromatic rings. The van der Waals surface area contributed by atoms with Crippen molar-refractivity contribution < 1.29 is 4.21 Å². The van der Waals surface area contributed by atoms with E-state index in [4.69, 9.17) is 0 Å². The van der Waals surface area contributed by atoms with Crippen molar-refractivity contribution in [2.45, 2.75) is 13.5 Å². The van der Waals surface area contributed by atoms with E-state index in [2.05, 4.69) is 9.35 Å². The summed E-state index contributed by atoms with van der Waals surface area (Å²) in [6.07, 6.45) is 3.26. The van der Waals surface area contributed by atoms with Crippen LogP contribution in [0, 0.1) is 6.92 Å². The molecule has 0 saturated carbocycles. The quantitative estimate of drug-likeness (QED) is 0.735. The predicted molar refractivity (Wildman–Crippen MR) is 53.0 cm³/mol. The molecule has 1 rings (SSSR count). The van der Waals surface area contributed by atoms with Crippen LogP contribution in [0.25, 0.3) is 0 Å². The zero-order valence-corrected chi connectivity index (χ0v) is 9.04. The maximum absolute atomic E-state index is 11.2. The fraction of sp³-hybridized carbons (Fsp3) is 0.571. The van der Waals surface area contributed by atoms with E-state index in [1.807, 2.05) is 12.3 Å². The highest BCUT2D eigenvalue weighted by Gasteiger charge is 1.97. The van der Waals surface area contributed by atoms with Gasteiger partial charge in [-0.3, -0.25) is 4.21 Å². The Morgan fingerprint density at radius 2 is 2.33 bits per heavy atom. The molecule has 0 radical (unpaired) electrons. The number of nitrogens with zero attached hydrogens (tertiary/aromatic N) is 2. The van der Waals surface area contributed by atoms with Crippen molar-refractivity contribution in [2.24, 2.45) is 4.36 Å². The molecule has 1 aromatic heterocycles. The Morgan fingerprint density at radius 3 is 2.75 bits per heavy atom. The zero-order chi connectivity index (χ0) is 9.19. The number of rotatable bonds is 2. The normalized spacial score (nSPS) is 11.6. The molecule has 68 valence electrons. The lowest BCUT2D eigenvalue weighted by Crippen LogP contribution is -1.92. The molecule has 3 nitrogen and oxygen atoms in total. The van der Waals surface area contributed by atoms with E-state index >= 15 is 0 Å². The summed E-state index contributed by atoms with van der Waals surface area (Å²) in [6.45, 7) is 2.42. The summed E-state index contributed by atoms with van der Waals surface area (Å²) in [5, 5.41) is 2.98. The molecule has 0 fully saturated rings. The van der Waals surface area contributed by atoms with E-state index in [0.29, 0.717) is 6.54 Å². The molecule has 0 amide bonds. The summed E-state index contributed by atoms with van der Waals surface area (Å²) >= 11 is 1.59. The van der Waals surface area contributed by atoms with Gasteiger partial charge in [-0.2, -0.15) is 0 Å². The van der Waals surface area contributed by atoms with E-state index in [9.17, 15) is 4.21 Å². The maximum atomic E-state index is 11.2. The van der Waals surface area contributed by atoms with Gasteiger partial charge in [0.25, 0.3) is 0 Å². The van der Waals surface area contributed by atoms with E-state index < -0.39 is 9.73 Å². The Labute approximate surface area is 77.0 Å². The molecule has 0 atom stereocenters. The van der Waals surface area contributed by atoms with E-state index in [0.717, 1.165) is 10.7 Å². The van der Waals surface area contributed by atoms with Crippen molar-refractivity contribution in [3.63, 3.8) is 0 Å². The minimum Gasteiger partial charge on any atom is -0.250 e. The third-order valence-corrected chi connectivity index (χ3v) is 2.78. The molecule has 1 heterocycles. The topological polar surface area (TPSA) is 42.3 Å². The second kappa shape index (κ2) is 3.53. The van der Waals surface area contributed by atoms with Crippen LogP contribution in [0.3, 0.4) is 0 Å². The van der Waals surface area contributed by atoms with Crippen LogP contribution in [0.4, 0.5) is 0 Å². The smallest absolute Gasteiger partial charge is 0.0914 e. The Kier molecular flexibility index (Phi) is 2.85. The van der Waals surface area contributed by atoms with Gasteiger partial charge in [-0.1, -0.05) is 0 Å². The summed E-state index contributed by atoms with van der Waals surface area (Å²) < 4.78 is 15.2. The van der Waals surface area contributed by atoms with Crippen molar-refractivity contribution in [1.29, 1.82) is 0 Å². The average molecular weight is 204 g/mol. The largest absolute Gasteiger partial charge is 0.250 e. The standard InChI is InChI=1S/C7H12N2OS2/c1-6-9-7(5-11-6)4-8-12(2,3)10/h5H,4H2,1-3H3. The fourth-order valence-electron chi connectivity index (χ4n) is 0.702. The summed E-state index contributed by atoms with van der Waals surface area (Å²) in [6, 6.07) is 0. The monoisotopic (exact) mass is 204 g/mol. The highest BCUT2D eigenvalue weighted by molar-refractivity contribution is 7.92. The SMILES string of the molecule is Cc1nc(CN=S(C)(C)=O)cs1. The average Bonchev–Trinajstić information content (AvgIpc) is 2.30. The van der Waals surface area contributed by atoms with Gasteiger partial charge >= 0.3 is 0 Å². The summed E-state index contributed by atoms with van der Waals surface area (Å²) in [7, 11) is -1.97. The van der Waals surface area contributed by atoms with E-state index in [-0.39, 0.29) is 0 Å². The minimum absolute atomic E-state index is 0.468. The number of aryl methyl sites for hydroxylation is 1. The van der Waals surface area contributed by atoms with Crippen LogP contribution in [0.5, 0.6) is 0 Å². The molecule has 0 aliphatic heterocycles. The number of aromatic nitrogens is 1. The van der Waals surface area contributed by atoms with Crippen molar-refractivity contribution in [1.82, 2.24) is 4.98 Å². The lowest BCUT2D eigenvalue weighted by Gasteiger charge is -1.92. The summed E-state index contributed by atoms with van der Waals surface area (Å²) in [5.41, 5.74) is 0.911. The van der Waals surface area contributed by atoms with E-state index in [1.165, 1.54) is 0 Å². The van der Waals surface area contributed by atoms with Crippen molar-refractivity contribution in [2.75, 3.05) is 12.5 Å². The third kappa shape index (κ3) is 3.32. The first-order valence-electron chi connectivity index (χ1n) is 3.51. The van der Waals surface area contributed by atoms with Crippen LogP contribution < -0.4 is 0 Å². The van der Waals surface area contributed by atoms with Gasteiger partial charge in [0.1, 0.15) is 0 Å². The lowest BCUT2D eigenvalue weighted by molar-refractivity contribution is 0.682. The van der Waals surface area contributed by atoms with Crippen LogP contribution in [-0.4, -0.2) is 21.7 Å². The second-order valence-electron chi connectivity index (χ2n) is 2.83. The molecule has 0 saturated heterocycles. The van der Waals surface area contributed by atoms with Crippen LogP contribution in [0.1, 0.15) is 10.7 Å². The maximum Gasteiger partial charge on any atom is 0.0914 e. The molecule has 0 aliphatic carbocycles. The number of hydrogen-bond donors (Lipinski definition) is 0. The molecule has 0 N–H and O–H groups in total. The van der Waals surface area contributed by atoms with E-state index in [1.54, 1.807) is 23.8 Å². The second-order valence-corrected chi connectivity index (χ2v) is 6.51. The van der Waals surface area contributed by atoms with Gasteiger partial charge in [0, 0.05) is 27.6 Å². The van der Waals surface area contributed by atoms with Crippen molar-refractivity contribution in [3.05, 3.63) is 16.1 Å². The van der Waals surface area contributed by atoms with Crippen molar-refractivity contribution in [3.8, 4) is 0 Å². The predicted octanol–water partition coefficient (Wildman–Crippen LogP) is 1.68. The Morgan fingerprint density at radius 1 is 1.67 bits per heavy atom. The van der Waals surface area contributed by atoms with Crippen LogP contribution >= 0.6 is 11.3 Å². The molecular weight excluding hydrogens is 192 g/mol. The van der Waals surface area contributed by atoms with Crippen LogP contribution in [0.2, 0.25) is 0 Å². The molecule has 0 unspecified atom stereocenters. The Bertz CT molecular complexity index is 367. The highest BCUT2D eigenvalue weighted by atomic mass is 32.2. The first-order chi connectivity index (χ1) is 5.47. The van der Waals surface area contributed by atoms with Gasteiger partial charge in [0.2, 0.25) is 0 Å². The number of thiazole rings is 1. The molecule has 0 aliphatic rings. The first-order valence-corrected chi connectivity index (χ1v) is 6.72. The summed E-state index contributed by atoms with van der Waals surface area (Å²) in [5.74, 6) is 0. The van der Waals surface area contributed by atoms with Crippen LogP contribution in [-0.2, 0) is 16.3 Å². The molecule has 0 bridgehead atoms. The minimum atomic E-state index is -1.97. The lowest BCUT2D eigenvalue weighted by atomic mass is 10.5. The molecule has 5 heteroatoms. The van der Waals surface area contributed by atoms with Gasteiger partial charge in [-0.25, -0.2) is 9.35 Å². The Balaban J connectivity index is 2.73. The number of hydrogen-bond acceptors (Lipinski definition) is 4. The van der Waals surface area contributed by atoms with Gasteiger partial charge in [-0.05, 0) is 6.92 Å².